The van der Waals surface area contributed by atoms with Crippen LogP contribution in [-0.4, -0.2) is 61.2 Å². The Morgan fingerprint density at radius 1 is 1.27 bits per heavy atom. The molecule has 3 rings (SSSR count). The lowest BCUT2D eigenvalue weighted by atomic mass is 10.2. The van der Waals surface area contributed by atoms with Gasteiger partial charge in [0.2, 0.25) is 11.9 Å². The van der Waals surface area contributed by atoms with Crippen LogP contribution in [0.4, 0.5) is 16.2 Å². The first-order valence-electron chi connectivity index (χ1n) is 8.04. The van der Waals surface area contributed by atoms with Gasteiger partial charge in [0.25, 0.3) is 0 Å². The van der Waals surface area contributed by atoms with Gasteiger partial charge in [0, 0.05) is 31.6 Å². The summed E-state index contributed by atoms with van der Waals surface area (Å²) < 4.78 is 25.0. The molecule has 26 heavy (non-hydrogen) atoms. The van der Waals surface area contributed by atoms with Crippen molar-refractivity contribution in [3.63, 3.8) is 0 Å². The number of hydrogen-bond donors (Lipinski definition) is 1. The van der Waals surface area contributed by atoms with Gasteiger partial charge in [-0.3, -0.25) is 4.79 Å². The summed E-state index contributed by atoms with van der Waals surface area (Å²) in [5.74, 6) is -0.132. The molecular formula is C17H20FN5O3. The van der Waals surface area contributed by atoms with Crippen molar-refractivity contribution in [3.05, 3.63) is 24.5 Å². The number of piperazine rings is 1. The van der Waals surface area contributed by atoms with Crippen molar-refractivity contribution in [2.24, 2.45) is 0 Å². The number of methoxy groups -OCH3 is 2. The quantitative estimate of drug-likeness (QED) is 0.818. The van der Waals surface area contributed by atoms with Crippen LogP contribution >= 0.6 is 0 Å². The third-order valence-corrected chi connectivity index (χ3v) is 4.34. The second kappa shape index (κ2) is 7.03. The molecule has 0 aliphatic carbocycles. The van der Waals surface area contributed by atoms with E-state index in [2.05, 4.69) is 16.5 Å². The average molecular weight is 361 g/mol. The number of ether oxygens (including phenoxy) is 2. The normalized spacial score (nSPS) is 14.4. The van der Waals surface area contributed by atoms with Gasteiger partial charge in [-0.05, 0) is 12.1 Å². The second-order valence-corrected chi connectivity index (χ2v) is 5.75. The van der Waals surface area contributed by atoms with E-state index in [-0.39, 0.29) is 28.7 Å². The Bertz CT molecular complexity index is 865. The van der Waals surface area contributed by atoms with E-state index in [4.69, 9.17) is 15.2 Å². The second-order valence-electron chi connectivity index (χ2n) is 5.75. The highest BCUT2D eigenvalue weighted by molar-refractivity contribution is 5.92. The molecule has 1 aromatic carbocycles. The molecule has 1 aromatic heterocycles. The van der Waals surface area contributed by atoms with Crippen LogP contribution in [0.2, 0.25) is 0 Å². The standard InChI is InChI=1S/C17H20FN5O3/c1-4-12(24)22-5-7-23(8-6-22)17-20-14-10(16(19)21-17)9-11(25-2)15(26-3)13(14)18/h4,9H,1,5-8H2,2-3H3,(H2,19,20,21). The molecule has 138 valence electrons. The zero-order chi connectivity index (χ0) is 18.8. The molecule has 0 radical (unpaired) electrons. The minimum atomic E-state index is -0.655. The molecule has 9 heteroatoms. The third kappa shape index (κ3) is 2.96. The van der Waals surface area contributed by atoms with E-state index in [1.165, 1.54) is 20.3 Å². The number of rotatable bonds is 4. The van der Waals surface area contributed by atoms with Gasteiger partial charge in [-0.15, -0.1) is 0 Å². The number of carbonyl (C=O) groups excluding carboxylic acids is 1. The minimum Gasteiger partial charge on any atom is -0.493 e. The van der Waals surface area contributed by atoms with E-state index in [0.29, 0.717) is 37.5 Å². The summed E-state index contributed by atoms with van der Waals surface area (Å²) in [4.78, 5) is 23.8. The number of halogens is 1. The number of fused-ring (bicyclic) bond motifs is 1. The maximum atomic E-state index is 14.8. The molecule has 0 saturated carbocycles. The lowest BCUT2D eigenvalue weighted by Gasteiger charge is -2.34. The molecule has 2 N–H and O–H groups in total. The minimum absolute atomic E-state index is 0.0366. The van der Waals surface area contributed by atoms with Crippen molar-refractivity contribution < 1.29 is 18.7 Å². The summed E-state index contributed by atoms with van der Waals surface area (Å²) in [7, 11) is 2.77. The molecule has 0 bridgehead atoms. The molecule has 0 atom stereocenters. The van der Waals surface area contributed by atoms with E-state index >= 15 is 0 Å². The lowest BCUT2D eigenvalue weighted by Crippen LogP contribution is -2.48. The Morgan fingerprint density at radius 3 is 2.54 bits per heavy atom. The van der Waals surface area contributed by atoms with Crippen molar-refractivity contribution in [1.82, 2.24) is 14.9 Å². The highest BCUT2D eigenvalue weighted by atomic mass is 19.1. The van der Waals surface area contributed by atoms with Crippen LogP contribution < -0.4 is 20.1 Å². The third-order valence-electron chi connectivity index (χ3n) is 4.34. The van der Waals surface area contributed by atoms with E-state index in [0.717, 1.165) is 0 Å². The number of nitrogens with two attached hydrogens (primary N) is 1. The van der Waals surface area contributed by atoms with Crippen LogP contribution in [0.3, 0.4) is 0 Å². The highest BCUT2D eigenvalue weighted by Crippen LogP contribution is 2.37. The van der Waals surface area contributed by atoms with Crippen LogP contribution in [-0.2, 0) is 4.79 Å². The number of nitrogens with zero attached hydrogens (tertiary/aromatic N) is 4. The van der Waals surface area contributed by atoms with E-state index in [9.17, 15) is 9.18 Å². The van der Waals surface area contributed by atoms with Gasteiger partial charge in [0.05, 0.1) is 14.2 Å². The van der Waals surface area contributed by atoms with Gasteiger partial charge in [-0.2, -0.15) is 4.98 Å². The average Bonchev–Trinajstić information content (AvgIpc) is 2.67. The Morgan fingerprint density at radius 2 is 1.96 bits per heavy atom. The summed E-state index contributed by atoms with van der Waals surface area (Å²) >= 11 is 0. The van der Waals surface area contributed by atoms with Crippen molar-refractivity contribution in [3.8, 4) is 11.5 Å². The summed E-state index contributed by atoms with van der Waals surface area (Å²) in [5, 5.41) is 0.351. The van der Waals surface area contributed by atoms with E-state index < -0.39 is 5.82 Å². The first kappa shape index (κ1) is 17.7. The van der Waals surface area contributed by atoms with Gasteiger partial charge in [-0.25, -0.2) is 9.37 Å². The SMILES string of the molecule is C=CC(=O)N1CCN(c2nc(N)c3cc(OC)c(OC)c(F)c3n2)CC1. The predicted octanol–water partition coefficient (Wildman–Crippen LogP) is 1.20. The summed E-state index contributed by atoms with van der Waals surface area (Å²) in [6, 6.07) is 1.55. The number of hydrogen-bond acceptors (Lipinski definition) is 7. The van der Waals surface area contributed by atoms with Crippen LogP contribution in [0.15, 0.2) is 18.7 Å². The Labute approximate surface area is 150 Å². The zero-order valence-electron chi connectivity index (χ0n) is 14.7. The van der Waals surface area contributed by atoms with Crippen molar-refractivity contribution in [2.45, 2.75) is 0 Å². The molecule has 2 heterocycles. The molecule has 0 spiro atoms. The smallest absolute Gasteiger partial charge is 0.246 e. The van der Waals surface area contributed by atoms with Gasteiger partial charge in [0.1, 0.15) is 11.3 Å². The molecule has 1 saturated heterocycles. The Kier molecular flexibility index (Phi) is 4.79. The number of aromatic nitrogens is 2. The first-order valence-corrected chi connectivity index (χ1v) is 8.04. The van der Waals surface area contributed by atoms with Crippen LogP contribution in [0.25, 0.3) is 10.9 Å². The maximum absolute atomic E-state index is 14.8. The summed E-state index contributed by atoms with van der Waals surface area (Å²) in [6.07, 6.45) is 1.29. The fourth-order valence-corrected chi connectivity index (χ4v) is 2.94. The van der Waals surface area contributed by atoms with E-state index in [1.54, 1.807) is 11.0 Å². The Hall–Kier alpha value is -3.10. The van der Waals surface area contributed by atoms with Crippen molar-refractivity contribution in [1.29, 1.82) is 0 Å². The molecule has 1 aliphatic heterocycles. The lowest BCUT2D eigenvalue weighted by molar-refractivity contribution is -0.126. The topological polar surface area (TPSA) is 93.8 Å². The number of carbonyl (C=O) groups is 1. The van der Waals surface area contributed by atoms with Crippen LogP contribution in [0.5, 0.6) is 11.5 Å². The molecular weight excluding hydrogens is 341 g/mol. The van der Waals surface area contributed by atoms with Gasteiger partial charge >= 0.3 is 0 Å². The van der Waals surface area contributed by atoms with Crippen molar-refractivity contribution in [2.75, 3.05) is 51.0 Å². The zero-order valence-corrected chi connectivity index (χ0v) is 14.7. The fourth-order valence-electron chi connectivity index (χ4n) is 2.94. The molecule has 0 unspecified atom stereocenters. The molecule has 1 aliphatic rings. The van der Waals surface area contributed by atoms with E-state index in [1.807, 2.05) is 4.90 Å². The maximum Gasteiger partial charge on any atom is 0.246 e. The van der Waals surface area contributed by atoms with Gasteiger partial charge < -0.3 is 25.0 Å². The molecule has 1 fully saturated rings. The first-order chi connectivity index (χ1) is 12.5. The molecule has 2 aromatic rings. The van der Waals surface area contributed by atoms with Gasteiger partial charge in [-0.1, -0.05) is 6.58 Å². The predicted molar refractivity (Wildman–Crippen MR) is 96.0 cm³/mol. The van der Waals surface area contributed by atoms with Crippen LogP contribution in [0.1, 0.15) is 0 Å². The largest absolute Gasteiger partial charge is 0.493 e. The molecule has 8 nitrogen and oxygen atoms in total. The number of benzene rings is 1. The Balaban J connectivity index is 1.97. The fraction of sp³-hybridized carbons (Fsp3) is 0.353. The summed E-state index contributed by atoms with van der Waals surface area (Å²) in [6.45, 7) is 5.52. The molecule has 1 amide bonds. The number of anilines is 2. The summed E-state index contributed by atoms with van der Waals surface area (Å²) in [5.41, 5.74) is 6.09. The highest BCUT2D eigenvalue weighted by Gasteiger charge is 2.24. The number of amides is 1. The van der Waals surface area contributed by atoms with Gasteiger partial charge in [0.15, 0.2) is 17.3 Å². The number of nitrogen functional groups attached to an aromatic ring is 1. The van der Waals surface area contributed by atoms with Crippen molar-refractivity contribution >= 4 is 28.6 Å². The monoisotopic (exact) mass is 361 g/mol. The van der Waals surface area contributed by atoms with Crippen LogP contribution in [0, 0.1) is 5.82 Å².